The standard InChI is InChI=1S/C13H31N5.C11H26N4.C10H24N4.C10H22N2.C8H20N4.C6H15N3.C6H4N2S2.C5H4N4.C4H3N5.C3H3N3O3.C3H9N3.C3H3N3.C2H2N2O/c1-2-4-14-6-8-16-10-12-18-13-11-17-9-7-15-5-3-1;1-4-12-6-2-8-14-10-11-15-9-3-7-13-5-1;1-3-11-7-9-13-5-2-6-14-10-8-12-4-1;1-2-4-7-11-9-6-10-12-8-5-3-1;1-2-10-5-6-12-8-7-11-4-3-9-1;1-2-8-5-6-9-4-3-7-1;1-5(7-3-9-1)6-2-10-4-8-6;1-4-5(8-2-6-1)9-3-7-4;1-5-2-9-3-7-8-4(9)6-1;7-1-4-2(8)6-3(9)5-1;2*1-4-2-6-3-5-1;1-2-4-5-3-1/h14-18H,1-13H2;12-15H,1-11H2;11-14H,1-10H2;11-12H,1-10H2;9-12H,1-8H2;7-9H,1-6H2;1-4H;1-3H,(H,6,7,8,9);1-3H;(H3,4,5,6,7,8,9);4-6H,1-3H2;1-3H;1-2H. The van der Waals surface area contributed by atoms with Gasteiger partial charge in [0, 0.05) is 214 Å². The molecule has 16 rings (SSSR count). The number of aromatic nitrogens is 19. The Balaban J connectivity index is 0.000000307. The predicted octanol–water partition coefficient (Wildman–Crippen LogP) is -5.09. The zero-order valence-electron chi connectivity index (χ0n) is 79.5. The van der Waals surface area contributed by atoms with Gasteiger partial charge in [-0.1, -0.05) is 36.0 Å². The third-order valence-corrected chi connectivity index (χ3v) is 20.4. The average molecular weight is 1920 g/mol. The van der Waals surface area contributed by atoms with Gasteiger partial charge in [-0.15, -0.1) is 32.9 Å². The van der Waals surface area contributed by atoms with Gasteiger partial charge in [-0.05, 0) is 169 Å². The number of nitrogens with zero attached hydrogens (tertiary/aromatic N) is 15. The quantitative estimate of drug-likeness (QED) is 0.0731. The van der Waals surface area contributed by atoms with Gasteiger partial charge >= 0.3 is 17.1 Å². The predicted molar refractivity (Wildman–Crippen MR) is 538 cm³/mol. The summed E-state index contributed by atoms with van der Waals surface area (Å²) in [6, 6.07) is 0. The number of nitrogens with one attached hydrogen (secondary N) is 29. The van der Waals surface area contributed by atoms with E-state index in [-0.39, 0.29) is 0 Å². The molecule has 0 spiro atoms. The Kier molecular flexibility index (Phi) is 85.1. The summed E-state index contributed by atoms with van der Waals surface area (Å²) in [5.74, 6) is 0.574. The van der Waals surface area contributed by atoms with Crippen molar-refractivity contribution in [1.82, 2.24) is 228 Å². The second-order valence-electron chi connectivity index (χ2n) is 30.4. The van der Waals surface area contributed by atoms with Gasteiger partial charge in [0.1, 0.15) is 61.2 Å². The lowest BCUT2D eigenvalue weighted by molar-refractivity contribution is 0.307. The van der Waals surface area contributed by atoms with Gasteiger partial charge in [-0.25, -0.2) is 63.9 Å². The van der Waals surface area contributed by atoms with Crippen LogP contribution in [0.3, 0.4) is 0 Å². The molecule has 7 saturated heterocycles. The molecule has 29 N–H and O–H groups in total. The molecule has 7 aliphatic heterocycles. The van der Waals surface area contributed by atoms with Crippen LogP contribution in [0.4, 0.5) is 0 Å². The molecular formula is C84H166N44O4S2. The lowest BCUT2D eigenvalue weighted by Gasteiger charge is -2.13. The van der Waals surface area contributed by atoms with Crippen LogP contribution in [0.5, 0.6) is 0 Å². The van der Waals surface area contributed by atoms with Gasteiger partial charge in [0.05, 0.1) is 35.9 Å². The fraction of sp³-hybridized carbons (Fsp3) is 0.726. The van der Waals surface area contributed by atoms with E-state index in [4.69, 9.17) is 0 Å². The van der Waals surface area contributed by atoms with Crippen LogP contribution in [0, 0.1) is 0 Å². The van der Waals surface area contributed by atoms with E-state index in [0.29, 0.717) is 11.4 Å². The lowest BCUT2D eigenvalue weighted by atomic mass is 10.1. The van der Waals surface area contributed by atoms with Gasteiger partial charge in [0.25, 0.3) is 5.78 Å². The van der Waals surface area contributed by atoms with E-state index in [0.717, 1.165) is 299 Å². The van der Waals surface area contributed by atoms with Crippen molar-refractivity contribution >= 4 is 39.6 Å². The third kappa shape index (κ3) is 80.0. The van der Waals surface area contributed by atoms with E-state index in [2.05, 4.69) is 213 Å². The molecule has 0 aromatic carbocycles. The molecule has 0 aliphatic carbocycles. The van der Waals surface area contributed by atoms with Crippen LogP contribution in [0.25, 0.3) is 28.3 Å². The van der Waals surface area contributed by atoms with Crippen molar-refractivity contribution in [3.63, 3.8) is 0 Å². The molecule has 134 heavy (non-hydrogen) atoms. The summed E-state index contributed by atoms with van der Waals surface area (Å²) in [5, 5.41) is 102. The number of aromatic amines is 4. The Morgan fingerprint density at radius 2 is 0.545 bits per heavy atom. The number of H-pyrrole nitrogens is 4. The summed E-state index contributed by atoms with van der Waals surface area (Å²) in [4.78, 5) is 76.9. The Labute approximate surface area is 799 Å². The van der Waals surface area contributed by atoms with Gasteiger partial charge in [-0.3, -0.25) is 35.3 Å². The van der Waals surface area contributed by atoms with E-state index in [1.165, 1.54) is 160 Å². The number of hydrogen-bond acceptors (Lipinski definition) is 45. The molecule has 7 aliphatic rings. The van der Waals surface area contributed by atoms with Crippen LogP contribution in [0.2, 0.25) is 0 Å². The molecular weight excluding hydrogens is 1750 g/mol. The van der Waals surface area contributed by atoms with Gasteiger partial charge in [-0.2, -0.15) is 4.98 Å². The second-order valence-corrected chi connectivity index (χ2v) is 31.9. The van der Waals surface area contributed by atoms with Crippen LogP contribution in [-0.2, 0) is 0 Å². The molecule has 48 nitrogen and oxygen atoms in total. The van der Waals surface area contributed by atoms with Crippen molar-refractivity contribution in [3.05, 3.63) is 122 Å². The maximum absolute atomic E-state index is 10.2. The Hall–Kier alpha value is -8.15. The zero-order valence-corrected chi connectivity index (χ0v) is 81.1. The van der Waals surface area contributed by atoms with Crippen LogP contribution in [0.15, 0.2) is 110 Å². The number of thiazole rings is 2. The largest absolute Gasteiger partial charge is 0.342 e. The highest BCUT2D eigenvalue weighted by atomic mass is 32.1. The Morgan fingerprint density at radius 1 is 0.269 bits per heavy atom. The van der Waals surface area contributed by atoms with Crippen molar-refractivity contribution < 1.29 is 4.63 Å². The molecule has 0 amide bonds. The van der Waals surface area contributed by atoms with E-state index in [1.807, 2.05) is 21.8 Å². The van der Waals surface area contributed by atoms with Crippen molar-refractivity contribution in [1.29, 1.82) is 0 Å². The van der Waals surface area contributed by atoms with Crippen molar-refractivity contribution in [2.45, 2.75) is 89.9 Å². The first-order valence-electron chi connectivity index (χ1n) is 48.3. The normalized spacial score (nSPS) is 18.8. The molecule has 50 heteroatoms. The van der Waals surface area contributed by atoms with Crippen molar-refractivity contribution in [2.75, 3.05) is 308 Å². The lowest BCUT2D eigenvalue weighted by Crippen LogP contribution is -2.47. The first-order valence-corrected chi connectivity index (χ1v) is 50.2. The fourth-order valence-corrected chi connectivity index (χ4v) is 13.2. The molecule has 0 atom stereocenters. The Bertz CT molecular complexity index is 3320. The highest BCUT2D eigenvalue weighted by molar-refractivity contribution is 7.08. The highest BCUT2D eigenvalue weighted by Gasteiger charge is 2.04. The first-order chi connectivity index (χ1) is 66.6. The average Bonchev–Trinajstić information content (AvgIpc) is 1.76. The maximum atomic E-state index is 10.2. The molecule has 0 unspecified atom stereocenters. The first kappa shape index (κ1) is 118. The number of rotatable bonds is 1. The summed E-state index contributed by atoms with van der Waals surface area (Å²) in [6.45, 7) is 51.5. The maximum Gasteiger partial charge on any atom is 0.330 e. The minimum absolute atomic E-state index is 0.574. The third-order valence-electron chi connectivity index (χ3n) is 19.2. The fourth-order valence-electron chi connectivity index (χ4n) is 12.1. The zero-order chi connectivity index (χ0) is 94.5. The summed E-state index contributed by atoms with van der Waals surface area (Å²) in [7, 11) is 0. The molecule has 9 aromatic heterocycles. The summed E-state index contributed by atoms with van der Waals surface area (Å²) < 4.78 is 5.72. The molecule has 758 valence electrons. The monoisotopic (exact) mass is 1920 g/mol. The molecule has 7 fully saturated rings. The molecule has 0 saturated carbocycles. The smallest absolute Gasteiger partial charge is 0.330 e. The van der Waals surface area contributed by atoms with Crippen LogP contribution < -0.4 is 150 Å². The second kappa shape index (κ2) is 96.5. The van der Waals surface area contributed by atoms with Crippen LogP contribution in [-0.4, -0.2) is 403 Å². The summed E-state index contributed by atoms with van der Waals surface area (Å²) >= 11 is 3.18. The van der Waals surface area contributed by atoms with Gasteiger partial charge in [0.15, 0.2) is 5.65 Å². The van der Waals surface area contributed by atoms with E-state index in [9.17, 15) is 14.4 Å². The number of imidazole rings is 1. The number of hydrogen-bond donors (Lipinski definition) is 29. The van der Waals surface area contributed by atoms with E-state index < -0.39 is 17.1 Å². The molecule has 0 radical (unpaired) electrons. The molecule has 16 heterocycles. The Morgan fingerprint density at radius 3 is 0.806 bits per heavy atom. The molecule has 0 bridgehead atoms. The van der Waals surface area contributed by atoms with Gasteiger partial charge < -0.3 is 122 Å². The SMILES string of the molecule is C1CCCNCCCNCCC1.C1CCNCCNCCNCCNCCNCC1.C1CNCCCNCCNCCCNC1.C1CNCCNCCCNCCNC1.C1CNCCNCCN1.C1CNCCNCCNCCN1.C1NCNCN1.O=c1[nH]c(=O)[nH]c(=O)[nH]1.c1cnon1.c1nc(-c2cscn2)cs1.c1ncc2[nH]cnc2n1.c1ncn2cnnc2n1.c1ncncn1. The van der Waals surface area contributed by atoms with E-state index >= 15 is 0 Å². The number of fused-ring (bicyclic) bond motifs is 2. The van der Waals surface area contributed by atoms with Crippen molar-refractivity contribution in [2.24, 2.45) is 0 Å². The minimum atomic E-state index is -0.802. The minimum Gasteiger partial charge on any atom is -0.342 e. The summed E-state index contributed by atoms with van der Waals surface area (Å²) in [5.41, 5.74) is 4.76. The van der Waals surface area contributed by atoms with Crippen LogP contribution in [0.1, 0.15) is 89.9 Å². The molecule has 9 aromatic rings. The topological polar surface area (TPSA) is 613 Å². The summed E-state index contributed by atoms with van der Waals surface area (Å²) in [6.07, 6.45) is 34.9. The highest BCUT2D eigenvalue weighted by Crippen LogP contribution is 2.18. The van der Waals surface area contributed by atoms with Crippen molar-refractivity contribution in [3.8, 4) is 11.4 Å². The van der Waals surface area contributed by atoms with Gasteiger partial charge in [0.2, 0.25) is 0 Å². The van der Waals surface area contributed by atoms with Crippen LogP contribution >= 0.6 is 22.7 Å². The van der Waals surface area contributed by atoms with E-state index in [1.54, 1.807) is 67.2 Å².